The molecule has 128 valence electrons. The number of rotatable bonds is 4. The molecular weight excluding hydrogens is 290 g/mol. The third-order valence-corrected chi connectivity index (χ3v) is 4.90. The molecule has 1 saturated heterocycles. The lowest BCUT2D eigenvalue weighted by atomic mass is 9.89. The maximum Gasteiger partial charge on any atom is 0.229 e. The number of hydrogen-bond donors (Lipinski definition) is 1. The van der Waals surface area contributed by atoms with Crippen LogP contribution in [0.3, 0.4) is 0 Å². The van der Waals surface area contributed by atoms with Crippen LogP contribution in [0.5, 0.6) is 0 Å². The van der Waals surface area contributed by atoms with Crippen LogP contribution in [0.2, 0.25) is 0 Å². The lowest BCUT2D eigenvalue weighted by molar-refractivity contribution is -0.0767. The van der Waals surface area contributed by atoms with Crippen molar-refractivity contribution in [2.75, 3.05) is 30.9 Å². The zero-order valence-corrected chi connectivity index (χ0v) is 14.8. The second kappa shape index (κ2) is 6.59. The van der Waals surface area contributed by atoms with E-state index in [0.717, 1.165) is 25.3 Å². The van der Waals surface area contributed by atoms with Crippen LogP contribution >= 0.6 is 0 Å². The Kier molecular flexibility index (Phi) is 4.71. The molecule has 0 aromatic carbocycles. The number of ether oxygens (including phenoxy) is 1. The Morgan fingerprint density at radius 2 is 1.91 bits per heavy atom. The predicted molar refractivity (Wildman–Crippen MR) is 92.0 cm³/mol. The summed E-state index contributed by atoms with van der Waals surface area (Å²) in [4.78, 5) is 15.7. The molecule has 1 aromatic rings. The first kappa shape index (κ1) is 16.4. The van der Waals surface area contributed by atoms with Crippen LogP contribution in [0.25, 0.3) is 0 Å². The molecule has 0 amide bonds. The molecule has 1 unspecified atom stereocenters. The second-order valence-electron chi connectivity index (χ2n) is 7.44. The molecular formula is C17H29N5O. The first-order valence-electron chi connectivity index (χ1n) is 8.81. The quantitative estimate of drug-likeness (QED) is 0.920. The zero-order valence-electron chi connectivity index (χ0n) is 14.8. The average molecular weight is 319 g/mol. The highest BCUT2D eigenvalue weighted by molar-refractivity contribution is 5.37. The van der Waals surface area contributed by atoms with Crippen molar-refractivity contribution in [3.8, 4) is 0 Å². The van der Waals surface area contributed by atoms with E-state index >= 15 is 0 Å². The summed E-state index contributed by atoms with van der Waals surface area (Å²) >= 11 is 0. The van der Waals surface area contributed by atoms with Crippen LogP contribution in [-0.2, 0) is 4.74 Å². The standard InChI is InChI=1S/C17H29N5O/c1-12(2)14-19-15(21-16(20-14)22(3)4)18-13-7-10-23-17(11-13)8-5-6-9-17/h12-13H,5-11H2,1-4H3,(H,18,19,20,21). The summed E-state index contributed by atoms with van der Waals surface area (Å²) < 4.78 is 6.12. The second-order valence-corrected chi connectivity index (χ2v) is 7.44. The van der Waals surface area contributed by atoms with Crippen molar-refractivity contribution in [2.24, 2.45) is 0 Å². The van der Waals surface area contributed by atoms with Crippen molar-refractivity contribution in [3.63, 3.8) is 0 Å². The largest absolute Gasteiger partial charge is 0.375 e. The SMILES string of the molecule is CC(C)c1nc(NC2CCOC3(CCCC3)C2)nc(N(C)C)n1. The van der Waals surface area contributed by atoms with Gasteiger partial charge >= 0.3 is 0 Å². The van der Waals surface area contributed by atoms with Crippen LogP contribution in [0.1, 0.15) is 64.1 Å². The molecule has 2 heterocycles. The molecule has 1 N–H and O–H groups in total. The van der Waals surface area contributed by atoms with Crippen molar-refractivity contribution in [3.05, 3.63) is 5.82 Å². The molecule has 6 heteroatoms. The Labute approximate surface area is 139 Å². The first-order chi connectivity index (χ1) is 11.0. The van der Waals surface area contributed by atoms with E-state index < -0.39 is 0 Å². The number of nitrogens with one attached hydrogen (secondary N) is 1. The van der Waals surface area contributed by atoms with E-state index in [-0.39, 0.29) is 11.5 Å². The summed E-state index contributed by atoms with van der Waals surface area (Å²) in [6.07, 6.45) is 7.06. The molecule has 2 aliphatic rings. The molecule has 1 atom stereocenters. The molecule has 23 heavy (non-hydrogen) atoms. The highest BCUT2D eigenvalue weighted by Crippen LogP contribution is 2.40. The molecule has 1 aromatic heterocycles. The van der Waals surface area contributed by atoms with Gasteiger partial charge in [0.2, 0.25) is 11.9 Å². The summed E-state index contributed by atoms with van der Waals surface area (Å²) in [5.41, 5.74) is 0.105. The minimum atomic E-state index is 0.105. The van der Waals surface area contributed by atoms with Crippen molar-refractivity contribution in [2.45, 2.75) is 69.9 Å². The van der Waals surface area contributed by atoms with E-state index in [0.29, 0.717) is 17.9 Å². The van der Waals surface area contributed by atoms with E-state index in [1.54, 1.807) is 0 Å². The third kappa shape index (κ3) is 3.74. The maximum atomic E-state index is 6.12. The lowest BCUT2D eigenvalue weighted by Crippen LogP contribution is -2.42. The molecule has 1 aliphatic carbocycles. The smallest absolute Gasteiger partial charge is 0.229 e. The summed E-state index contributed by atoms with van der Waals surface area (Å²) in [6.45, 7) is 5.06. The monoisotopic (exact) mass is 319 g/mol. The highest BCUT2D eigenvalue weighted by atomic mass is 16.5. The number of hydrogen-bond acceptors (Lipinski definition) is 6. The third-order valence-electron chi connectivity index (χ3n) is 4.90. The van der Waals surface area contributed by atoms with Crippen molar-refractivity contribution in [1.82, 2.24) is 15.0 Å². The molecule has 1 saturated carbocycles. The fourth-order valence-electron chi connectivity index (χ4n) is 3.60. The summed E-state index contributed by atoms with van der Waals surface area (Å²) in [5.74, 6) is 2.54. The summed E-state index contributed by atoms with van der Waals surface area (Å²) in [7, 11) is 3.93. The summed E-state index contributed by atoms with van der Waals surface area (Å²) in [6, 6.07) is 0.388. The number of aromatic nitrogens is 3. The van der Waals surface area contributed by atoms with Gasteiger partial charge in [0.05, 0.1) is 5.60 Å². The van der Waals surface area contributed by atoms with Gasteiger partial charge in [0.15, 0.2) is 0 Å². The topological polar surface area (TPSA) is 63.2 Å². The van der Waals surface area contributed by atoms with Gasteiger partial charge in [-0.25, -0.2) is 0 Å². The molecule has 2 fully saturated rings. The Hall–Kier alpha value is -1.43. The van der Waals surface area contributed by atoms with Gasteiger partial charge in [-0.05, 0) is 25.7 Å². The maximum absolute atomic E-state index is 6.12. The highest BCUT2D eigenvalue weighted by Gasteiger charge is 2.40. The first-order valence-corrected chi connectivity index (χ1v) is 8.81. The van der Waals surface area contributed by atoms with E-state index in [2.05, 4.69) is 34.1 Å². The van der Waals surface area contributed by atoms with Crippen molar-refractivity contribution < 1.29 is 4.74 Å². The van der Waals surface area contributed by atoms with Gasteiger partial charge in [-0.15, -0.1) is 0 Å². The number of anilines is 2. The Morgan fingerprint density at radius 3 is 2.57 bits per heavy atom. The lowest BCUT2D eigenvalue weighted by Gasteiger charge is -2.38. The van der Waals surface area contributed by atoms with Gasteiger partial charge in [0.25, 0.3) is 0 Å². The van der Waals surface area contributed by atoms with Crippen LogP contribution < -0.4 is 10.2 Å². The van der Waals surface area contributed by atoms with Crippen LogP contribution in [0.4, 0.5) is 11.9 Å². The van der Waals surface area contributed by atoms with Crippen LogP contribution in [-0.4, -0.2) is 47.3 Å². The molecule has 6 nitrogen and oxygen atoms in total. The van der Waals surface area contributed by atoms with Gasteiger partial charge in [-0.2, -0.15) is 15.0 Å². The molecule has 3 rings (SSSR count). The van der Waals surface area contributed by atoms with Gasteiger partial charge in [-0.3, -0.25) is 0 Å². The van der Waals surface area contributed by atoms with E-state index in [1.165, 1.54) is 25.7 Å². The van der Waals surface area contributed by atoms with Gasteiger partial charge in [0.1, 0.15) is 5.82 Å². The molecule has 0 radical (unpaired) electrons. The molecule has 1 spiro atoms. The van der Waals surface area contributed by atoms with Gasteiger partial charge < -0.3 is 15.0 Å². The molecule has 0 bridgehead atoms. The van der Waals surface area contributed by atoms with Gasteiger partial charge in [0, 0.05) is 32.7 Å². The van der Waals surface area contributed by atoms with E-state index in [4.69, 9.17) is 4.74 Å². The van der Waals surface area contributed by atoms with Crippen LogP contribution in [0.15, 0.2) is 0 Å². The van der Waals surface area contributed by atoms with Crippen molar-refractivity contribution >= 4 is 11.9 Å². The average Bonchev–Trinajstić information content (AvgIpc) is 2.94. The van der Waals surface area contributed by atoms with Gasteiger partial charge in [-0.1, -0.05) is 26.7 Å². The van der Waals surface area contributed by atoms with E-state index in [1.807, 2.05) is 19.0 Å². The predicted octanol–water partition coefficient (Wildman–Crippen LogP) is 2.96. The van der Waals surface area contributed by atoms with Crippen molar-refractivity contribution in [1.29, 1.82) is 0 Å². The fourth-order valence-corrected chi connectivity index (χ4v) is 3.60. The number of nitrogens with zero attached hydrogens (tertiary/aromatic N) is 4. The Morgan fingerprint density at radius 1 is 1.17 bits per heavy atom. The fraction of sp³-hybridized carbons (Fsp3) is 0.824. The Balaban J connectivity index is 1.76. The Bertz CT molecular complexity index is 514. The van der Waals surface area contributed by atoms with E-state index in [9.17, 15) is 0 Å². The summed E-state index contributed by atoms with van der Waals surface area (Å²) in [5, 5.41) is 3.55. The van der Waals surface area contributed by atoms with Crippen LogP contribution in [0, 0.1) is 0 Å². The minimum Gasteiger partial charge on any atom is -0.375 e. The molecule has 1 aliphatic heterocycles. The zero-order chi connectivity index (χ0) is 16.4. The minimum absolute atomic E-state index is 0.105. The normalized spacial score (nSPS) is 23.4.